The van der Waals surface area contributed by atoms with Gasteiger partial charge < -0.3 is 19.2 Å². The summed E-state index contributed by atoms with van der Waals surface area (Å²) in [5, 5.41) is 7.13. The predicted molar refractivity (Wildman–Crippen MR) is 116 cm³/mol. The van der Waals surface area contributed by atoms with E-state index in [0.29, 0.717) is 29.2 Å². The summed E-state index contributed by atoms with van der Waals surface area (Å²) in [7, 11) is 0. The highest BCUT2D eigenvalue weighted by molar-refractivity contribution is 5.78. The Morgan fingerprint density at radius 2 is 2.12 bits per heavy atom. The predicted octanol–water partition coefficient (Wildman–Crippen LogP) is 3.96. The topological polar surface area (TPSA) is 84.4 Å². The maximum absolute atomic E-state index is 13.5. The first-order valence-corrected chi connectivity index (χ1v) is 12.0. The standard InChI is InChI=1S/C24H32F2N4O3/c1-15-27-12-19(32-15)9-22(31)28-18-5-3-16(4-6-18)7-8-30-13-17-11-24(17,14-30)20-10-21(33-29-20)23(2,25)26/h10,12,16-18H,3-9,11,13-14H2,1-2H3,(H,28,31)/t16?,17?,18?,24-/m0/s1. The van der Waals surface area contributed by atoms with Crippen LogP contribution in [0.1, 0.15) is 68.6 Å². The summed E-state index contributed by atoms with van der Waals surface area (Å²) in [4.78, 5) is 18.7. The van der Waals surface area contributed by atoms with Crippen LogP contribution in [0, 0.1) is 18.8 Å². The molecule has 1 amide bonds. The van der Waals surface area contributed by atoms with Crippen LogP contribution in [-0.4, -0.2) is 46.6 Å². The number of fused-ring (bicyclic) bond motifs is 1. The number of likely N-dealkylation sites (tertiary alicyclic amines) is 1. The fourth-order valence-corrected chi connectivity index (χ4v) is 5.76. The second-order valence-corrected chi connectivity index (χ2v) is 10.4. The van der Waals surface area contributed by atoms with Gasteiger partial charge in [0, 0.05) is 44.5 Å². The molecule has 9 heteroatoms. The average molecular weight is 463 g/mol. The highest BCUT2D eigenvalue weighted by Crippen LogP contribution is 2.59. The Balaban J connectivity index is 1.03. The third-order valence-corrected chi connectivity index (χ3v) is 7.74. The van der Waals surface area contributed by atoms with Crippen molar-refractivity contribution in [3.63, 3.8) is 0 Å². The highest BCUT2D eigenvalue weighted by atomic mass is 19.3. The Morgan fingerprint density at radius 3 is 2.79 bits per heavy atom. The molecule has 2 atom stereocenters. The van der Waals surface area contributed by atoms with Gasteiger partial charge in [0.05, 0.1) is 18.3 Å². The maximum Gasteiger partial charge on any atom is 0.304 e. The van der Waals surface area contributed by atoms with Crippen LogP contribution < -0.4 is 5.32 Å². The molecule has 2 aliphatic carbocycles. The Kier molecular flexibility index (Phi) is 5.79. The molecule has 3 heterocycles. The van der Waals surface area contributed by atoms with Crippen molar-refractivity contribution in [1.29, 1.82) is 0 Å². The van der Waals surface area contributed by atoms with E-state index in [1.165, 1.54) is 6.07 Å². The second kappa shape index (κ2) is 8.49. The molecule has 1 aliphatic heterocycles. The Bertz CT molecular complexity index is 992. The summed E-state index contributed by atoms with van der Waals surface area (Å²) in [6, 6.07) is 1.70. The molecule has 180 valence electrons. The van der Waals surface area contributed by atoms with Gasteiger partial charge in [-0.3, -0.25) is 4.79 Å². The molecule has 2 saturated carbocycles. The van der Waals surface area contributed by atoms with Crippen molar-refractivity contribution >= 4 is 5.91 Å². The Labute approximate surface area is 192 Å². The molecule has 2 aromatic rings. The lowest BCUT2D eigenvalue weighted by Gasteiger charge is -2.30. The zero-order valence-electron chi connectivity index (χ0n) is 19.3. The van der Waals surface area contributed by atoms with E-state index in [9.17, 15) is 13.6 Å². The summed E-state index contributed by atoms with van der Waals surface area (Å²) in [5.41, 5.74) is 0.611. The van der Waals surface area contributed by atoms with Crippen molar-refractivity contribution < 1.29 is 22.5 Å². The number of hydrogen-bond donors (Lipinski definition) is 1. The van der Waals surface area contributed by atoms with Crippen molar-refractivity contribution in [1.82, 2.24) is 20.4 Å². The number of piperidine rings is 1. The number of nitrogens with one attached hydrogen (secondary N) is 1. The van der Waals surface area contributed by atoms with Gasteiger partial charge in [-0.05, 0) is 56.9 Å². The zero-order chi connectivity index (χ0) is 23.2. The van der Waals surface area contributed by atoms with Crippen molar-refractivity contribution in [3.8, 4) is 0 Å². The van der Waals surface area contributed by atoms with Crippen LogP contribution in [0.5, 0.6) is 0 Å². The first-order chi connectivity index (χ1) is 15.7. The number of carbonyl (C=O) groups is 1. The van der Waals surface area contributed by atoms with Gasteiger partial charge in [-0.1, -0.05) is 5.16 Å². The number of alkyl halides is 2. The minimum Gasteiger partial charge on any atom is -0.446 e. The molecule has 0 spiro atoms. The number of halogens is 2. The van der Waals surface area contributed by atoms with E-state index in [1.807, 2.05) is 0 Å². The number of rotatable bonds is 8. The van der Waals surface area contributed by atoms with E-state index in [2.05, 4.69) is 20.4 Å². The van der Waals surface area contributed by atoms with Crippen LogP contribution in [-0.2, 0) is 22.6 Å². The van der Waals surface area contributed by atoms with Crippen molar-refractivity contribution in [2.45, 2.75) is 76.2 Å². The summed E-state index contributed by atoms with van der Waals surface area (Å²) in [5.74, 6) is -0.986. The van der Waals surface area contributed by atoms with Gasteiger partial charge in [0.15, 0.2) is 5.89 Å². The normalized spacial score (nSPS) is 29.8. The smallest absolute Gasteiger partial charge is 0.304 e. The molecule has 2 aromatic heterocycles. The van der Waals surface area contributed by atoms with Gasteiger partial charge in [-0.2, -0.15) is 8.78 Å². The lowest BCUT2D eigenvalue weighted by molar-refractivity contribution is -0.121. The number of oxazole rings is 1. The number of carbonyl (C=O) groups excluding carboxylic acids is 1. The Morgan fingerprint density at radius 1 is 1.33 bits per heavy atom. The summed E-state index contributed by atoms with van der Waals surface area (Å²) >= 11 is 0. The average Bonchev–Trinajstić information content (AvgIpc) is 3.18. The van der Waals surface area contributed by atoms with Crippen LogP contribution in [0.4, 0.5) is 8.78 Å². The minimum absolute atomic E-state index is 0.00645. The monoisotopic (exact) mass is 462 g/mol. The third kappa shape index (κ3) is 4.83. The van der Waals surface area contributed by atoms with E-state index < -0.39 is 5.92 Å². The first-order valence-electron chi connectivity index (χ1n) is 12.0. The lowest BCUT2D eigenvalue weighted by atomic mass is 9.84. The maximum atomic E-state index is 13.5. The van der Waals surface area contributed by atoms with E-state index in [-0.39, 0.29) is 29.5 Å². The van der Waals surface area contributed by atoms with E-state index in [1.54, 1.807) is 13.1 Å². The van der Waals surface area contributed by atoms with Crippen molar-refractivity contribution in [2.75, 3.05) is 19.6 Å². The number of aromatic nitrogens is 2. The molecule has 7 nitrogen and oxygen atoms in total. The highest BCUT2D eigenvalue weighted by Gasteiger charge is 2.62. The van der Waals surface area contributed by atoms with Gasteiger partial charge in [-0.25, -0.2) is 4.98 Å². The molecule has 0 bridgehead atoms. The van der Waals surface area contributed by atoms with Gasteiger partial charge >= 0.3 is 5.92 Å². The van der Waals surface area contributed by atoms with Gasteiger partial charge in [0.2, 0.25) is 11.7 Å². The molecule has 3 aliphatic rings. The summed E-state index contributed by atoms with van der Waals surface area (Å²) in [6.45, 7) is 5.53. The van der Waals surface area contributed by atoms with E-state index >= 15 is 0 Å². The summed E-state index contributed by atoms with van der Waals surface area (Å²) < 4.78 is 37.4. The van der Waals surface area contributed by atoms with Crippen LogP contribution in [0.25, 0.3) is 0 Å². The zero-order valence-corrected chi connectivity index (χ0v) is 19.3. The lowest BCUT2D eigenvalue weighted by Crippen LogP contribution is -2.39. The van der Waals surface area contributed by atoms with Crippen LogP contribution >= 0.6 is 0 Å². The number of amides is 1. The first kappa shape index (κ1) is 22.5. The molecule has 0 radical (unpaired) electrons. The fraction of sp³-hybridized carbons (Fsp3) is 0.708. The van der Waals surface area contributed by atoms with Crippen LogP contribution in [0.3, 0.4) is 0 Å². The number of nitrogens with zero attached hydrogens (tertiary/aromatic N) is 3. The molecular formula is C24H32F2N4O3. The van der Waals surface area contributed by atoms with Crippen molar-refractivity contribution in [3.05, 3.63) is 35.4 Å². The number of hydrogen-bond acceptors (Lipinski definition) is 6. The molecule has 1 saturated heterocycles. The molecule has 1 N–H and O–H groups in total. The largest absolute Gasteiger partial charge is 0.446 e. The van der Waals surface area contributed by atoms with Gasteiger partial charge in [-0.15, -0.1) is 0 Å². The molecule has 0 aromatic carbocycles. The van der Waals surface area contributed by atoms with E-state index in [0.717, 1.165) is 65.1 Å². The second-order valence-electron chi connectivity index (χ2n) is 10.4. The van der Waals surface area contributed by atoms with E-state index in [4.69, 9.17) is 8.94 Å². The molecule has 3 fully saturated rings. The third-order valence-electron chi connectivity index (χ3n) is 7.74. The SMILES string of the molecule is Cc1ncc(CC(=O)NC2CCC(CCN3CC4C[C@]4(c4cc(C(C)(F)F)on4)C3)CC2)o1. The molecule has 5 rings (SSSR count). The Hall–Kier alpha value is -2.29. The number of aryl methyl sites for hydroxylation is 1. The van der Waals surface area contributed by atoms with Gasteiger partial charge in [0.25, 0.3) is 0 Å². The van der Waals surface area contributed by atoms with Crippen LogP contribution in [0.15, 0.2) is 21.2 Å². The molecule has 33 heavy (non-hydrogen) atoms. The summed E-state index contributed by atoms with van der Waals surface area (Å²) in [6.07, 6.45) is 8.25. The molecular weight excluding hydrogens is 430 g/mol. The van der Waals surface area contributed by atoms with Gasteiger partial charge in [0.1, 0.15) is 5.76 Å². The molecule has 1 unspecified atom stereocenters. The van der Waals surface area contributed by atoms with Crippen molar-refractivity contribution in [2.24, 2.45) is 11.8 Å². The minimum atomic E-state index is -2.99. The quantitative estimate of drug-likeness (QED) is 0.639. The van der Waals surface area contributed by atoms with Crippen LogP contribution in [0.2, 0.25) is 0 Å². The fourth-order valence-electron chi connectivity index (χ4n) is 5.76.